The first-order valence-electron chi connectivity index (χ1n) is 8.71. The van der Waals surface area contributed by atoms with Gasteiger partial charge in [-0.15, -0.1) is 0 Å². The minimum absolute atomic E-state index is 0.0294. The summed E-state index contributed by atoms with van der Waals surface area (Å²) in [5, 5.41) is 11.8. The average Bonchev–Trinajstić information content (AvgIpc) is 2.63. The number of nitrogens with zero attached hydrogens (tertiary/aromatic N) is 1. The van der Waals surface area contributed by atoms with E-state index in [0.29, 0.717) is 38.2 Å². The Labute approximate surface area is 159 Å². The van der Waals surface area contributed by atoms with Crippen LogP contribution < -0.4 is 10.1 Å². The minimum Gasteiger partial charge on any atom is -0.492 e. The van der Waals surface area contributed by atoms with Gasteiger partial charge in [0.1, 0.15) is 5.75 Å². The Morgan fingerprint density at radius 3 is 2.65 bits per heavy atom. The first kappa shape index (κ1) is 21.0. The maximum atomic E-state index is 12.8. The van der Waals surface area contributed by atoms with Crippen LogP contribution in [0.1, 0.15) is 26.2 Å². The third-order valence-corrected chi connectivity index (χ3v) is 6.49. The smallest absolute Gasteiger partial charge is 0.243 e. The Hall–Kier alpha value is -1.35. The van der Waals surface area contributed by atoms with Crippen LogP contribution in [0.4, 0.5) is 0 Å². The predicted octanol–water partition coefficient (Wildman–Crippen LogP) is 1.64. The molecule has 1 saturated heterocycles. The molecular weight excluding hydrogens is 380 g/mol. The van der Waals surface area contributed by atoms with Gasteiger partial charge in [0.15, 0.2) is 0 Å². The van der Waals surface area contributed by atoms with Crippen LogP contribution in [0.2, 0.25) is 5.02 Å². The number of rotatable bonds is 8. The van der Waals surface area contributed by atoms with Crippen molar-refractivity contribution < 1.29 is 23.1 Å². The molecule has 7 nitrogen and oxygen atoms in total. The van der Waals surface area contributed by atoms with Crippen LogP contribution in [-0.4, -0.2) is 56.6 Å². The summed E-state index contributed by atoms with van der Waals surface area (Å²) in [5.41, 5.74) is 0. The first-order valence-corrected chi connectivity index (χ1v) is 10.5. The number of hydrogen-bond acceptors (Lipinski definition) is 5. The van der Waals surface area contributed by atoms with E-state index in [2.05, 4.69) is 5.32 Å². The highest BCUT2D eigenvalue weighted by Crippen LogP contribution is 2.30. The molecule has 26 heavy (non-hydrogen) atoms. The average molecular weight is 405 g/mol. The summed E-state index contributed by atoms with van der Waals surface area (Å²) >= 11 is 6.10. The maximum absolute atomic E-state index is 12.8. The van der Waals surface area contributed by atoms with E-state index in [1.54, 1.807) is 6.07 Å². The fraction of sp³-hybridized carbons (Fsp3) is 0.588. The van der Waals surface area contributed by atoms with Gasteiger partial charge in [-0.3, -0.25) is 4.79 Å². The van der Waals surface area contributed by atoms with Crippen LogP contribution in [0, 0.1) is 5.92 Å². The van der Waals surface area contributed by atoms with Crippen molar-refractivity contribution in [2.24, 2.45) is 5.92 Å². The minimum atomic E-state index is -3.66. The standard InChI is InChI=1S/C17H25ClN2O5S/c1-2-25-16-5-4-14(12-15(16)18)26(23,24)20-9-6-13(7-10-20)17(22)19-8-3-11-21/h4-5,12-13,21H,2-3,6-11H2,1H3,(H,19,22). The fourth-order valence-electron chi connectivity index (χ4n) is 2.86. The van der Waals surface area contributed by atoms with Gasteiger partial charge in [0.2, 0.25) is 15.9 Å². The largest absolute Gasteiger partial charge is 0.492 e. The van der Waals surface area contributed by atoms with Crippen molar-refractivity contribution in [3.63, 3.8) is 0 Å². The zero-order valence-corrected chi connectivity index (χ0v) is 16.4. The number of sulfonamides is 1. The van der Waals surface area contributed by atoms with Crippen LogP contribution in [0.3, 0.4) is 0 Å². The molecule has 1 amide bonds. The molecule has 1 aliphatic heterocycles. The van der Waals surface area contributed by atoms with E-state index in [1.165, 1.54) is 16.4 Å². The van der Waals surface area contributed by atoms with Gasteiger partial charge in [0.05, 0.1) is 16.5 Å². The number of amides is 1. The van der Waals surface area contributed by atoms with Gasteiger partial charge in [0.25, 0.3) is 0 Å². The molecule has 2 N–H and O–H groups in total. The molecule has 9 heteroatoms. The third kappa shape index (κ3) is 5.09. The lowest BCUT2D eigenvalue weighted by atomic mass is 9.97. The molecule has 0 aromatic heterocycles. The molecule has 146 valence electrons. The van der Waals surface area contributed by atoms with E-state index in [9.17, 15) is 13.2 Å². The molecule has 2 rings (SSSR count). The molecule has 1 aromatic rings. The Balaban J connectivity index is 1.99. The molecular formula is C17H25ClN2O5S. The normalized spacial score (nSPS) is 16.4. The molecule has 0 bridgehead atoms. The fourth-order valence-corrected chi connectivity index (χ4v) is 4.65. The number of piperidine rings is 1. The summed E-state index contributed by atoms with van der Waals surface area (Å²) in [6.07, 6.45) is 1.45. The van der Waals surface area contributed by atoms with Crippen molar-refractivity contribution in [3.05, 3.63) is 23.2 Å². The van der Waals surface area contributed by atoms with E-state index in [0.717, 1.165) is 0 Å². The van der Waals surface area contributed by atoms with Gasteiger partial charge < -0.3 is 15.2 Å². The number of carbonyl (C=O) groups is 1. The van der Waals surface area contributed by atoms with Gasteiger partial charge in [-0.1, -0.05) is 11.6 Å². The number of ether oxygens (including phenoxy) is 1. The van der Waals surface area contributed by atoms with E-state index < -0.39 is 10.0 Å². The van der Waals surface area contributed by atoms with E-state index in [4.69, 9.17) is 21.4 Å². The number of nitrogens with one attached hydrogen (secondary N) is 1. The number of hydrogen-bond donors (Lipinski definition) is 2. The second-order valence-corrected chi connectivity index (χ2v) is 8.42. The second-order valence-electron chi connectivity index (χ2n) is 6.07. The van der Waals surface area contributed by atoms with Crippen LogP contribution in [0.15, 0.2) is 23.1 Å². The molecule has 1 aromatic carbocycles. The van der Waals surface area contributed by atoms with Gasteiger partial charge in [-0.2, -0.15) is 4.31 Å². The highest BCUT2D eigenvalue weighted by molar-refractivity contribution is 7.89. The Bertz CT molecular complexity index is 718. The van der Waals surface area contributed by atoms with Crippen LogP contribution in [0.25, 0.3) is 0 Å². The summed E-state index contributed by atoms with van der Waals surface area (Å²) in [6.45, 7) is 3.29. The summed E-state index contributed by atoms with van der Waals surface area (Å²) in [7, 11) is -3.66. The Morgan fingerprint density at radius 1 is 1.38 bits per heavy atom. The number of aliphatic hydroxyl groups excluding tert-OH is 1. The monoisotopic (exact) mass is 404 g/mol. The summed E-state index contributed by atoms with van der Waals surface area (Å²) in [4.78, 5) is 12.2. The topological polar surface area (TPSA) is 95.9 Å². The van der Waals surface area contributed by atoms with Gasteiger partial charge in [0, 0.05) is 32.2 Å². The maximum Gasteiger partial charge on any atom is 0.243 e. The van der Waals surface area contributed by atoms with Crippen molar-refractivity contribution in [1.82, 2.24) is 9.62 Å². The molecule has 1 aliphatic rings. The highest BCUT2D eigenvalue weighted by atomic mass is 35.5. The Morgan fingerprint density at radius 2 is 2.08 bits per heavy atom. The predicted molar refractivity (Wildman–Crippen MR) is 98.8 cm³/mol. The number of aliphatic hydroxyl groups is 1. The lowest BCUT2D eigenvalue weighted by molar-refractivity contribution is -0.126. The number of benzene rings is 1. The molecule has 0 radical (unpaired) electrons. The molecule has 1 fully saturated rings. The lowest BCUT2D eigenvalue weighted by Gasteiger charge is -2.30. The lowest BCUT2D eigenvalue weighted by Crippen LogP contribution is -2.43. The zero-order chi connectivity index (χ0) is 19.2. The molecule has 0 saturated carbocycles. The van der Waals surface area contributed by atoms with Crippen molar-refractivity contribution >= 4 is 27.5 Å². The Kier molecular flexibility index (Phi) is 7.69. The molecule has 0 spiro atoms. The first-order chi connectivity index (χ1) is 12.4. The number of carbonyl (C=O) groups excluding carboxylic acids is 1. The van der Waals surface area contributed by atoms with Crippen molar-refractivity contribution in [2.75, 3.05) is 32.8 Å². The van der Waals surface area contributed by atoms with Gasteiger partial charge in [-0.25, -0.2) is 8.42 Å². The molecule has 0 aliphatic carbocycles. The quantitative estimate of drug-likeness (QED) is 0.642. The van der Waals surface area contributed by atoms with Gasteiger partial charge >= 0.3 is 0 Å². The van der Waals surface area contributed by atoms with E-state index >= 15 is 0 Å². The highest BCUT2D eigenvalue weighted by Gasteiger charge is 2.32. The van der Waals surface area contributed by atoms with Crippen molar-refractivity contribution in [1.29, 1.82) is 0 Å². The van der Waals surface area contributed by atoms with Crippen LogP contribution in [0.5, 0.6) is 5.75 Å². The second kappa shape index (κ2) is 9.55. The number of halogens is 1. The van der Waals surface area contributed by atoms with Crippen molar-refractivity contribution in [3.8, 4) is 5.75 Å². The van der Waals surface area contributed by atoms with E-state index in [-0.39, 0.29) is 41.4 Å². The SMILES string of the molecule is CCOc1ccc(S(=O)(=O)N2CCC(C(=O)NCCCO)CC2)cc1Cl. The summed E-state index contributed by atoms with van der Waals surface area (Å²) in [5.74, 6) is 0.162. The van der Waals surface area contributed by atoms with Crippen molar-refractivity contribution in [2.45, 2.75) is 31.1 Å². The van der Waals surface area contributed by atoms with E-state index in [1.807, 2.05) is 6.92 Å². The van der Waals surface area contributed by atoms with Crippen LogP contribution >= 0.6 is 11.6 Å². The van der Waals surface area contributed by atoms with Crippen LogP contribution in [-0.2, 0) is 14.8 Å². The molecule has 0 unspecified atom stereocenters. The molecule has 1 heterocycles. The third-order valence-electron chi connectivity index (χ3n) is 4.30. The van der Waals surface area contributed by atoms with Gasteiger partial charge in [-0.05, 0) is 44.4 Å². The molecule has 0 atom stereocenters. The summed E-state index contributed by atoms with van der Waals surface area (Å²) in [6, 6.07) is 4.44. The zero-order valence-electron chi connectivity index (χ0n) is 14.8. The summed E-state index contributed by atoms with van der Waals surface area (Å²) < 4.78 is 32.3.